The van der Waals surface area contributed by atoms with Crippen molar-refractivity contribution in [3.05, 3.63) is 117 Å². The summed E-state index contributed by atoms with van der Waals surface area (Å²) in [7, 11) is -2.52. The Morgan fingerprint density at radius 1 is 0.938 bits per heavy atom. The van der Waals surface area contributed by atoms with Gasteiger partial charge in [0.15, 0.2) is 0 Å². The fraction of sp³-hybridized carbons (Fsp3) is 0.0833. The standard InChI is InChI=1S/C24H18ClFN2O3S/c25-22-13-19(10-11-23(22)26)28-24(29)20(12-16-4-2-1-3-5-16)21(14-27-28)18-8-6-17(7-9-18)15-32(30)31/h1-11,13-14,32H,12,15H2. The monoisotopic (exact) mass is 468 g/mol. The van der Waals surface area contributed by atoms with Crippen LogP contribution in [0.1, 0.15) is 16.7 Å². The molecule has 5 nitrogen and oxygen atoms in total. The largest absolute Gasteiger partial charge is 0.275 e. The number of hydrogen-bond donors (Lipinski definition) is 1. The zero-order chi connectivity index (χ0) is 22.7. The molecule has 0 fully saturated rings. The van der Waals surface area contributed by atoms with Gasteiger partial charge in [-0.05, 0) is 34.9 Å². The lowest BCUT2D eigenvalue weighted by Crippen LogP contribution is -2.26. The summed E-state index contributed by atoms with van der Waals surface area (Å²) in [5.41, 5.74) is 3.51. The number of halogens is 2. The zero-order valence-electron chi connectivity index (χ0n) is 16.7. The molecule has 162 valence electrons. The summed E-state index contributed by atoms with van der Waals surface area (Å²) < 4.78 is 36.8. The minimum absolute atomic E-state index is 0.0440. The summed E-state index contributed by atoms with van der Waals surface area (Å²) in [4.78, 5) is 13.5. The smallest absolute Gasteiger partial charge is 0.267 e. The highest BCUT2D eigenvalue weighted by atomic mass is 35.5. The van der Waals surface area contributed by atoms with Crippen molar-refractivity contribution >= 4 is 22.3 Å². The van der Waals surface area contributed by atoms with Crippen molar-refractivity contribution in [2.24, 2.45) is 0 Å². The molecule has 4 rings (SSSR count). The van der Waals surface area contributed by atoms with E-state index in [0.29, 0.717) is 28.8 Å². The van der Waals surface area contributed by atoms with E-state index in [2.05, 4.69) is 5.10 Å². The van der Waals surface area contributed by atoms with Gasteiger partial charge >= 0.3 is 0 Å². The van der Waals surface area contributed by atoms with E-state index in [4.69, 9.17) is 11.6 Å². The van der Waals surface area contributed by atoms with Crippen LogP contribution in [0.15, 0.2) is 83.8 Å². The van der Waals surface area contributed by atoms with E-state index in [1.165, 1.54) is 22.9 Å². The zero-order valence-corrected chi connectivity index (χ0v) is 18.4. The first kappa shape index (κ1) is 21.9. The van der Waals surface area contributed by atoms with Crippen LogP contribution >= 0.6 is 11.6 Å². The van der Waals surface area contributed by atoms with E-state index in [0.717, 1.165) is 11.1 Å². The van der Waals surface area contributed by atoms with Crippen molar-refractivity contribution in [1.29, 1.82) is 0 Å². The van der Waals surface area contributed by atoms with Gasteiger partial charge in [0.05, 0.1) is 22.7 Å². The minimum Gasteiger partial charge on any atom is -0.267 e. The molecule has 0 unspecified atom stereocenters. The van der Waals surface area contributed by atoms with Gasteiger partial charge in [0.25, 0.3) is 5.56 Å². The predicted octanol–water partition coefficient (Wildman–Crippen LogP) is 4.39. The van der Waals surface area contributed by atoms with Gasteiger partial charge in [-0.15, -0.1) is 0 Å². The number of rotatable bonds is 6. The fourth-order valence-corrected chi connectivity index (χ4v) is 4.13. The number of nitrogens with zero attached hydrogens (tertiary/aromatic N) is 2. The minimum atomic E-state index is -2.52. The lowest BCUT2D eigenvalue weighted by molar-refractivity contribution is 0.614. The highest BCUT2D eigenvalue weighted by Gasteiger charge is 2.16. The van der Waals surface area contributed by atoms with E-state index in [9.17, 15) is 17.6 Å². The Hall–Kier alpha value is -3.29. The lowest BCUT2D eigenvalue weighted by atomic mass is 9.97. The molecule has 0 saturated heterocycles. The van der Waals surface area contributed by atoms with Gasteiger partial charge in [0.2, 0.25) is 0 Å². The third kappa shape index (κ3) is 4.79. The Bertz CT molecular complexity index is 1390. The van der Waals surface area contributed by atoms with E-state index in [1.54, 1.807) is 30.5 Å². The Balaban J connectivity index is 1.85. The molecule has 0 atom stereocenters. The molecule has 0 saturated carbocycles. The van der Waals surface area contributed by atoms with Gasteiger partial charge in [-0.2, -0.15) is 9.78 Å². The molecule has 3 aromatic carbocycles. The van der Waals surface area contributed by atoms with E-state index in [1.807, 2.05) is 30.3 Å². The maximum atomic E-state index is 13.6. The van der Waals surface area contributed by atoms with Gasteiger partial charge < -0.3 is 0 Å². The fourth-order valence-electron chi connectivity index (χ4n) is 3.45. The second-order valence-corrected chi connectivity index (χ2v) is 8.59. The van der Waals surface area contributed by atoms with E-state index >= 15 is 0 Å². The average molecular weight is 469 g/mol. The van der Waals surface area contributed by atoms with Gasteiger partial charge in [0.1, 0.15) is 16.5 Å². The molecule has 0 bridgehead atoms. The first-order valence-corrected chi connectivity index (χ1v) is 11.5. The summed E-state index contributed by atoms with van der Waals surface area (Å²) in [6, 6.07) is 20.5. The molecule has 1 heterocycles. The molecule has 0 amide bonds. The van der Waals surface area contributed by atoms with Crippen molar-refractivity contribution in [1.82, 2.24) is 9.78 Å². The van der Waals surface area contributed by atoms with Crippen LogP contribution in [0.3, 0.4) is 0 Å². The molecule has 4 aromatic rings. The molecule has 0 aliphatic carbocycles. The molecule has 0 radical (unpaired) electrons. The van der Waals surface area contributed by atoms with Gasteiger partial charge in [-0.1, -0.05) is 66.2 Å². The number of thiol groups is 1. The topological polar surface area (TPSA) is 69.0 Å². The highest BCUT2D eigenvalue weighted by molar-refractivity contribution is 7.71. The Morgan fingerprint density at radius 3 is 2.31 bits per heavy atom. The van der Waals surface area contributed by atoms with Crippen LogP contribution in [0.4, 0.5) is 4.39 Å². The lowest BCUT2D eigenvalue weighted by Gasteiger charge is -2.13. The van der Waals surface area contributed by atoms with Crippen molar-refractivity contribution < 1.29 is 12.8 Å². The molecule has 0 N–H and O–H groups in total. The van der Waals surface area contributed by atoms with E-state index in [-0.39, 0.29) is 16.3 Å². The summed E-state index contributed by atoms with van der Waals surface area (Å²) in [6.07, 6.45) is 1.95. The van der Waals surface area contributed by atoms with Crippen LogP contribution in [-0.4, -0.2) is 18.2 Å². The van der Waals surface area contributed by atoms with Crippen molar-refractivity contribution in [3.63, 3.8) is 0 Å². The Labute approximate surface area is 190 Å². The van der Waals surface area contributed by atoms with Crippen molar-refractivity contribution in [2.45, 2.75) is 12.2 Å². The second kappa shape index (κ2) is 9.46. The summed E-state index contributed by atoms with van der Waals surface area (Å²) in [5, 5.41) is 4.20. The first-order chi connectivity index (χ1) is 15.4. The predicted molar refractivity (Wildman–Crippen MR) is 124 cm³/mol. The Kier molecular flexibility index (Phi) is 6.48. The number of aromatic nitrogens is 2. The summed E-state index contributed by atoms with van der Waals surface area (Å²) >= 11 is 5.90. The molecular weight excluding hydrogens is 451 g/mol. The van der Waals surface area contributed by atoms with Gasteiger partial charge in [-0.3, -0.25) is 4.79 Å². The second-order valence-electron chi connectivity index (χ2n) is 7.20. The quantitative estimate of drug-likeness (QED) is 0.426. The SMILES string of the molecule is O=c1c(Cc2ccccc2)c(-c2ccc(C[SH](=O)=O)cc2)cnn1-c1ccc(F)c(Cl)c1. The number of benzene rings is 3. The van der Waals surface area contributed by atoms with Gasteiger partial charge in [-0.25, -0.2) is 12.8 Å². The van der Waals surface area contributed by atoms with Gasteiger partial charge in [0, 0.05) is 17.5 Å². The first-order valence-electron chi connectivity index (χ1n) is 9.74. The van der Waals surface area contributed by atoms with Crippen LogP contribution in [0.5, 0.6) is 0 Å². The van der Waals surface area contributed by atoms with Crippen LogP contribution in [0, 0.1) is 5.82 Å². The molecule has 1 aromatic heterocycles. The summed E-state index contributed by atoms with van der Waals surface area (Å²) in [6.45, 7) is 0. The summed E-state index contributed by atoms with van der Waals surface area (Å²) in [5.74, 6) is -0.623. The van der Waals surface area contributed by atoms with Crippen molar-refractivity contribution in [3.8, 4) is 16.8 Å². The van der Waals surface area contributed by atoms with E-state index < -0.39 is 16.5 Å². The highest BCUT2D eigenvalue weighted by Crippen LogP contribution is 2.25. The molecule has 0 aliphatic rings. The van der Waals surface area contributed by atoms with Crippen LogP contribution in [0.2, 0.25) is 5.02 Å². The molecule has 0 aliphatic heterocycles. The third-order valence-corrected chi connectivity index (χ3v) is 5.94. The van der Waals surface area contributed by atoms with Crippen LogP contribution in [0.25, 0.3) is 16.8 Å². The molecule has 8 heteroatoms. The Morgan fingerprint density at radius 2 is 1.66 bits per heavy atom. The molecule has 0 spiro atoms. The average Bonchev–Trinajstić information content (AvgIpc) is 2.78. The molecular formula is C24H18ClFN2O3S. The maximum Gasteiger partial charge on any atom is 0.275 e. The maximum absolute atomic E-state index is 13.6. The normalized spacial score (nSPS) is 11.1. The molecule has 32 heavy (non-hydrogen) atoms. The van der Waals surface area contributed by atoms with Crippen LogP contribution < -0.4 is 5.56 Å². The number of hydrogen-bond acceptors (Lipinski definition) is 4. The van der Waals surface area contributed by atoms with Crippen LogP contribution in [-0.2, 0) is 22.9 Å². The van der Waals surface area contributed by atoms with Crippen molar-refractivity contribution in [2.75, 3.05) is 0 Å². The third-order valence-electron chi connectivity index (χ3n) is 5.03.